The Morgan fingerprint density at radius 1 is 1.33 bits per heavy atom. The topological polar surface area (TPSA) is 84.2 Å². The van der Waals surface area contributed by atoms with E-state index in [0.717, 1.165) is 25.7 Å². The number of nitrogens with one attached hydrogen (secondary N) is 2. The number of nitrogens with two attached hydrogens (primary N) is 1. The molecular formula is C13H25N3O2. The molecule has 4 N–H and O–H groups in total. The molecule has 5 nitrogen and oxygen atoms in total. The van der Waals surface area contributed by atoms with Crippen LogP contribution in [0.3, 0.4) is 0 Å². The second kappa shape index (κ2) is 6.73. The molecule has 1 unspecified atom stereocenters. The average molecular weight is 255 g/mol. The Kier molecular flexibility index (Phi) is 5.59. The second-order valence-corrected chi connectivity index (χ2v) is 5.37. The molecule has 1 saturated carbocycles. The largest absolute Gasteiger partial charge is 0.356 e. The number of amides is 2. The maximum absolute atomic E-state index is 11.6. The van der Waals surface area contributed by atoms with Crippen molar-refractivity contribution in [3.8, 4) is 0 Å². The predicted octanol–water partition coefficient (Wildman–Crippen LogP) is 0.679. The SMILES string of the molecule is CCC(C)NC(=O)CCNC(=O)CC1(N)CCC1. The van der Waals surface area contributed by atoms with Crippen LogP contribution in [0.25, 0.3) is 0 Å². The minimum Gasteiger partial charge on any atom is -0.356 e. The lowest BCUT2D eigenvalue weighted by Crippen LogP contribution is -2.50. The normalized spacial score (nSPS) is 18.6. The Morgan fingerprint density at radius 3 is 2.50 bits per heavy atom. The Bertz CT molecular complexity index is 301. The van der Waals surface area contributed by atoms with Crippen LogP contribution in [-0.2, 0) is 9.59 Å². The quantitative estimate of drug-likeness (QED) is 0.625. The van der Waals surface area contributed by atoms with E-state index in [1.807, 2.05) is 13.8 Å². The van der Waals surface area contributed by atoms with Crippen molar-refractivity contribution in [3.05, 3.63) is 0 Å². The van der Waals surface area contributed by atoms with Crippen molar-refractivity contribution in [2.45, 2.75) is 64.0 Å². The van der Waals surface area contributed by atoms with E-state index in [0.29, 0.717) is 19.4 Å². The number of carbonyl (C=O) groups excluding carboxylic acids is 2. The summed E-state index contributed by atoms with van der Waals surface area (Å²) >= 11 is 0. The maximum Gasteiger partial charge on any atom is 0.221 e. The molecular weight excluding hydrogens is 230 g/mol. The highest BCUT2D eigenvalue weighted by molar-refractivity contribution is 5.79. The lowest BCUT2D eigenvalue weighted by atomic mass is 9.75. The molecule has 1 aliphatic rings. The van der Waals surface area contributed by atoms with Crippen LogP contribution >= 0.6 is 0 Å². The Morgan fingerprint density at radius 2 is 2.00 bits per heavy atom. The van der Waals surface area contributed by atoms with Gasteiger partial charge < -0.3 is 16.4 Å². The van der Waals surface area contributed by atoms with Gasteiger partial charge in [0.15, 0.2) is 0 Å². The van der Waals surface area contributed by atoms with Gasteiger partial charge in [0.2, 0.25) is 11.8 Å². The van der Waals surface area contributed by atoms with Gasteiger partial charge in [-0.2, -0.15) is 0 Å². The van der Waals surface area contributed by atoms with E-state index in [2.05, 4.69) is 10.6 Å². The van der Waals surface area contributed by atoms with Gasteiger partial charge in [-0.25, -0.2) is 0 Å². The van der Waals surface area contributed by atoms with Crippen molar-refractivity contribution in [1.82, 2.24) is 10.6 Å². The zero-order chi connectivity index (χ0) is 13.6. The van der Waals surface area contributed by atoms with Crippen LogP contribution in [0.15, 0.2) is 0 Å². The van der Waals surface area contributed by atoms with E-state index in [9.17, 15) is 9.59 Å². The molecule has 104 valence electrons. The fourth-order valence-corrected chi connectivity index (χ4v) is 1.95. The summed E-state index contributed by atoms with van der Waals surface area (Å²) in [7, 11) is 0. The van der Waals surface area contributed by atoms with Gasteiger partial charge in [0.1, 0.15) is 0 Å². The lowest BCUT2D eigenvalue weighted by Gasteiger charge is -2.37. The second-order valence-electron chi connectivity index (χ2n) is 5.37. The highest BCUT2D eigenvalue weighted by Crippen LogP contribution is 2.31. The van der Waals surface area contributed by atoms with Gasteiger partial charge >= 0.3 is 0 Å². The van der Waals surface area contributed by atoms with Crippen molar-refractivity contribution in [2.24, 2.45) is 5.73 Å². The molecule has 0 aromatic heterocycles. The molecule has 0 heterocycles. The van der Waals surface area contributed by atoms with E-state index in [-0.39, 0.29) is 23.4 Å². The van der Waals surface area contributed by atoms with E-state index in [4.69, 9.17) is 5.73 Å². The number of carbonyl (C=O) groups is 2. The monoisotopic (exact) mass is 255 g/mol. The summed E-state index contributed by atoms with van der Waals surface area (Å²) in [4.78, 5) is 23.0. The molecule has 2 amide bonds. The molecule has 1 atom stereocenters. The van der Waals surface area contributed by atoms with Crippen LogP contribution < -0.4 is 16.4 Å². The lowest BCUT2D eigenvalue weighted by molar-refractivity contribution is -0.123. The molecule has 0 bridgehead atoms. The third-order valence-corrected chi connectivity index (χ3v) is 3.56. The van der Waals surface area contributed by atoms with Gasteiger partial charge in [-0.15, -0.1) is 0 Å². The first kappa shape index (κ1) is 15.0. The molecule has 0 radical (unpaired) electrons. The Labute approximate surface area is 109 Å². The van der Waals surface area contributed by atoms with Crippen molar-refractivity contribution in [3.63, 3.8) is 0 Å². The fraction of sp³-hybridized carbons (Fsp3) is 0.846. The van der Waals surface area contributed by atoms with E-state index < -0.39 is 0 Å². The molecule has 0 aromatic rings. The summed E-state index contributed by atoms with van der Waals surface area (Å²) in [5.41, 5.74) is 5.69. The minimum atomic E-state index is -0.289. The smallest absolute Gasteiger partial charge is 0.221 e. The van der Waals surface area contributed by atoms with Gasteiger partial charge in [-0.05, 0) is 32.6 Å². The minimum absolute atomic E-state index is 0.0178. The summed E-state index contributed by atoms with van der Waals surface area (Å²) in [5, 5.41) is 5.61. The summed E-state index contributed by atoms with van der Waals surface area (Å²) in [5.74, 6) is -0.0655. The molecule has 0 aromatic carbocycles. The number of hydrogen-bond donors (Lipinski definition) is 3. The third-order valence-electron chi connectivity index (χ3n) is 3.56. The van der Waals surface area contributed by atoms with Crippen molar-refractivity contribution in [2.75, 3.05) is 6.54 Å². The molecule has 0 saturated heterocycles. The van der Waals surface area contributed by atoms with Crippen LogP contribution in [-0.4, -0.2) is 29.9 Å². The fourth-order valence-electron chi connectivity index (χ4n) is 1.95. The van der Waals surface area contributed by atoms with Gasteiger partial charge in [0.05, 0.1) is 0 Å². The zero-order valence-corrected chi connectivity index (χ0v) is 11.4. The van der Waals surface area contributed by atoms with Crippen LogP contribution in [0.4, 0.5) is 0 Å². The molecule has 5 heteroatoms. The molecule has 1 rings (SSSR count). The zero-order valence-electron chi connectivity index (χ0n) is 11.4. The molecule has 1 fully saturated rings. The standard InChI is InChI=1S/C13H25N3O2/c1-3-10(2)16-11(17)5-8-15-12(18)9-13(14)6-4-7-13/h10H,3-9,14H2,1-2H3,(H,15,18)(H,16,17). The Balaban J connectivity index is 2.09. The van der Waals surface area contributed by atoms with Crippen LogP contribution in [0.1, 0.15) is 52.4 Å². The van der Waals surface area contributed by atoms with Crippen LogP contribution in [0.5, 0.6) is 0 Å². The number of hydrogen-bond acceptors (Lipinski definition) is 3. The van der Waals surface area contributed by atoms with E-state index >= 15 is 0 Å². The molecule has 1 aliphatic carbocycles. The maximum atomic E-state index is 11.6. The van der Waals surface area contributed by atoms with Gasteiger partial charge in [-0.3, -0.25) is 9.59 Å². The highest BCUT2D eigenvalue weighted by atomic mass is 16.2. The first-order chi connectivity index (χ1) is 8.45. The van der Waals surface area contributed by atoms with Crippen LogP contribution in [0.2, 0.25) is 0 Å². The predicted molar refractivity (Wildman–Crippen MR) is 70.9 cm³/mol. The van der Waals surface area contributed by atoms with Gasteiger partial charge in [-0.1, -0.05) is 6.92 Å². The summed E-state index contributed by atoms with van der Waals surface area (Å²) in [6.07, 6.45) is 4.58. The molecule has 18 heavy (non-hydrogen) atoms. The summed E-state index contributed by atoms with van der Waals surface area (Å²) < 4.78 is 0. The van der Waals surface area contributed by atoms with Gasteiger partial charge in [0.25, 0.3) is 0 Å². The summed E-state index contributed by atoms with van der Waals surface area (Å²) in [6.45, 7) is 4.37. The van der Waals surface area contributed by atoms with Gasteiger partial charge in [0, 0.05) is 31.0 Å². The van der Waals surface area contributed by atoms with Crippen molar-refractivity contribution < 1.29 is 9.59 Å². The van der Waals surface area contributed by atoms with Crippen molar-refractivity contribution in [1.29, 1.82) is 0 Å². The summed E-state index contributed by atoms with van der Waals surface area (Å²) in [6, 6.07) is 0.190. The van der Waals surface area contributed by atoms with E-state index in [1.165, 1.54) is 0 Å². The average Bonchev–Trinajstić information content (AvgIpc) is 2.26. The first-order valence-electron chi connectivity index (χ1n) is 6.80. The molecule has 0 spiro atoms. The Hall–Kier alpha value is -1.10. The number of rotatable bonds is 7. The third kappa shape index (κ3) is 5.04. The van der Waals surface area contributed by atoms with E-state index in [1.54, 1.807) is 0 Å². The van der Waals surface area contributed by atoms with Crippen molar-refractivity contribution >= 4 is 11.8 Å². The van der Waals surface area contributed by atoms with Crippen LogP contribution in [0, 0.1) is 0 Å². The highest BCUT2D eigenvalue weighted by Gasteiger charge is 2.34. The molecule has 0 aliphatic heterocycles. The first-order valence-corrected chi connectivity index (χ1v) is 6.80.